The van der Waals surface area contributed by atoms with Crippen LogP contribution in [0.1, 0.15) is 30.5 Å². The van der Waals surface area contributed by atoms with E-state index in [2.05, 4.69) is 5.32 Å². The Balaban J connectivity index is 1.96. The zero-order valence-electron chi connectivity index (χ0n) is 19.5. The van der Waals surface area contributed by atoms with Crippen LogP contribution in [0, 0.1) is 5.92 Å². The molecular formula is C28H30Cl2N2O2. The van der Waals surface area contributed by atoms with Crippen molar-refractivity contribution in [3.05, 3.63) is 106 Å². The maximum Gasteiger partial charge on any atom is 0.243 e. The lowest BCUT2D eigenvalue weighted by atomic mass is 10.0. The summed E-state index contributed by atoms with van der Waals surface area (Å²) < 4.78 is 0. The van der Waals surface area contributed by atoms with Gasteiger partial charge in [-0.2, -0.15) is 0 Å². The fourth-order valence-corrected chi connectivity index (χ4v) is 4.00. The third kappa shape index (κ3) is 7.61. The Morgan fingerprint density at radius 1 is 0.824 bits per heavy atom. The van der Waals surface area contributed by atoms with E-state index in [9.17, 15) is 9.59 Å². The first-order chi connectivity index (χ1) is 16.3. The molecule has 0 fully saturated rings. The van der Waals surface area contributed by atoms with Gasteiger partial charge in [0, 0.05) is 19.5 Å². The summed E-state index contributed by atoms with van der Waals surface area (Å²) in [4.78, 5) is 28.7. The van der Waals surface area contributed by atoms with E-state index in [0.717, 1.165) is 16.7 Å². The first-order valence-electron chi connectivity index (χ1n) is 11.4. The molecule has 0 aliphatic rings. The van der Waals surface area contributed by atoms with Gasteiger partial charge in [-0.3, -0.25) is 9.59 Å². The molecule has 3 aromatic carbocycles. The zero-order valence-corrected chi connectivity index (χ0v) is 21.0. The second kappa shape index (κ2) is 12.6. The lowest BCUT2D eigenvalue weighted by molar-refractivity contribution is -0.140. The highest BCUT2D eigenvalue weighted by atomic mass is 35.5. The van der Waals surface area contributed by atoms with E-state index in [1.807, 2.05) is 80.6 Å². The molecule has 0 saturated carbocycles. The van der Waals surface area contributed by atoms with Crippen molar-refractivity contribution >= 4 is 35.0 Å². The van der Waals surface area contributed by atoms with Gasteiger partial charge >= 0.3 is 0 Å². The van der Waals surface area contributed by atoms with Crippen LogP contribution in [0.3, 0.4) is 0 Å². The molecule has 34 heavy (non-hydrogen) atoms. The van der Waals surface area contributed by atoms with Crippen molar-refractivity contribution in [2.24, 2.45) is 5.92 Å². The number of benzene rings is 3. The minimum atomic E-state index is -0.674. The number of amides is 2. The predicted octanol–water partition coefficient (Wildman–Crippen LogP) is 5.95. The quantitative estimate of drug-likeness (QED) is 0.377. The van der Waals surface area contributed by atoms with Crippen molar-refractivity contribution in [2.75, 3.05) is 6.54 Å². The van der Waals surface area contributed by atoms with Crippen LogP contribution >= 0.6 is 23.2 Å². The normalized spacial score (nSPS) is 11.8. The molecule has 6 heteroatoms. The third-order valence-corrected chi connectivity index (χ3v) is 6.23. The molecule has 4 nitrogen and oxygen atoms in total. The average Bonchev–Trinajstić information content (AvgIpc) is 2.83. The van der Waals surface area contributed by atoms with Gasteiger partial charge < -0.3 is 10.2 Å². The predicted molar refractivity (Wildman–Crippen MR) is 139 cm³/mol. The molecule has 3 rings (SSSR count). The molecule has 1 atom stereocenters. The van der Waals surface area contributed by atoms with Crippen LogP contribution in [0.25, 0.3) is 0 Å². The van der Waals surface area contributed by atoms with E-state index < -0.39 is 6.04 Å². The Bertz CT molecular complexity index is 1090. The van der Waals surface area contributed by atoms with Gasteiger partial charge in [-0.05, 0) is 34.7 Å². The fraction of sp³-hybridized carbons (Fsp3) is 0.286. The molecule has 0 radical (unpaired) electrons. The standard InChI is InChI=1S/C28H30Cl2N2O2/c1-20(2)18-31-28(34)26(16-21-9-5-3-6-10-21)32(19-23-13-14-24(29)25(30)15-23)27(33)17-22-11-7-4-8-12-22/h3-15,20,26H,16-19H2,1-2H3,(H,31,34)/t26-/m1/s1. The van der Waals surface area contributed by atoms with Crippen molar-refractivity contribution in [2.45, 2.75) is 39.3 Å². The smallest absolute Gasteiger partial charge is 0.243 e. The number of carbonyl (C=O) groups is 2. The molecule has 0 aliphatic heterocycles. The lowest BCUT2D eigenvalue weighted by Gasteiger charge is -2.32. The molecule has 0 bridgehead atoms. The van der Waals surface area contributed by atoms with E-state index in [4.69, 9.17) is 23.2 Å². The van der Waals surface area contributed by atoms with E-state index >= 15 is 0 Å². The van der Waals surface area contributed by atoms with Crippen molar-refractivity contribution < 1.29 is 9.59 Å². The largest absolute Gasteiger partial charge is 0.354 e. The molecule has 2 amide bonds. The molecule has 0 unspecified atom stereocenters. The summed E-state index contributed by atoms with van der Waals surface area (Å²) >= 11 is 12.4. The lowest BCUT2D eigenvalue weighted by Crippen LogP contribution is -2.51. The summed E-state index contributed by atoms with van der Waals surface area (Å²) in [5, 5.41) is 3.89. The monoisotopic (exact) mass is 496 g/mol. The van der Waals surface area contributed by atoms with Gasteiger partial charge in [0.15, 0.2) is 0 Å². The van der Waals surface area contributed by atoms with Gasteiger partial charge in [-0.25, -0.2) is 0 Å². The van der Waals surface area contributed by atoms with E-state index in [0.29, 0.717) is 28.9 Å². The summed E-state index contributed by atoms with van der Waals surface area (Å²) in [5.41, 5.74) is 2.69. The summed E-state index contributed by atoms with van der Waals surface area (Å²) in [7, 11) is 0. The molecule has 3 aromatic rings. The molecule has 178 valence electrons. The summed E-state index contributed by atoms with van der Waals surface area (Å²) in [6.45, 7) is 4.87. The number of halogens is 2. The third-order valence-electron chi connectivity index (χ3n) is 5.49. The van der Waals surface area contributed by atoms with Crippen LogP contribution < -0.4 is 5.32 Å². The molecule has 0 saturated heterocycles. The zero-order chi connectivity index (χ0) is 24.5. The average molecular weight is 497 g/mol. The Morgan fingerprint density at radius 3 is 2.03 bits per heavy atom. The number of hydrogen-bond donors (Lipinski definition) is 1. The highest BCUT2D eigenvalue weighted by Gasteiger charge is 2.30. The van der Waals surface area contributed by atoms with Crippen LogP contribution in [0.4, 0.5) is 0 Å². The molecule has 0 spiro atoms. The minimum Gasteiger partial charge on any atom is -0.354 e. The maximum atomic E-state index is 13.6. The second-order valence-electron chi connectivity index (χ2n) is 8.78. The van der Waals surface area contributed by atoms with Crippen LogP contribution in [-0.4, -0.2) is 29.3 Å². The van der Waals surface area contributed by atoms with E-state index in [1.165, 1.54) is 0 Å². The Morgan fingerprint density at radius 2 is 1.44 bits per heavy atom. The highest BCUT2D eigenvalue weighted by molar-refractivity contribution is 6.42. The van der Waals surface area contributed by atoms with E-state index in [1.54, 1.807) is 17.0 Å². The first kappa shape index (κ1) is 25.8. The number of nitrogens with zero attached hydrogens (tertiary/aromatic N) is 1. The molecule has 0 aliphatic carbocycles. The summed E-state index contributed by atoms with van der Waals surface area (Å²) in [6, 6.07) is 23.9. The number of nitrogens with one attached hydrogen (secondary N) is 1. The maximum absolute atomic E-state index is 13.6. The van der Waals surface area contributed by atoms with Gasteiger partial charge in [-0.15, -0.1) is 0 Å². The minimum absolute atomic E-state index is 0.127. The van der Waals surface area contributed by atoms with Crippen molar-refractivity contribution in [3.8, 4) is 0 Å². The Labute approximate surface area is 211 Å². The van der Waals surface area contributed by atoms with Gasteiger partial charge in [-0.1, -0.05) is 104 Å². The van der Waals surface area contributed by atoms with Gasteiger partial charge in [0.25, 0.3) is 0 Å². The van der Waals surface area contributed by atoms with Crippen molar-refractivity contribution in [1.29, 1.82) is 0 Å². The van der Waals surface area contributed by atoms with Gasteiger partial charge in [0.05, 0.1) is 16.5 Å². The fourth-order valence-electron chi connectivity index (χ4n) is 3.68. The highest BCUT2D eigenvalue weighted by Crippen LogP contribution is 2.24. The van der Waals surface area contributed by atoms with Crippen molar-refractivity contribution in [3.63, 3.8) is 0 Å². The molecule has 0 aromatic heterocycles. The topological polar surface area (TPSA) is 49.4 Å². The number of carbonyl (C=O) groups excluding carboxylic acids is 2. The molecular weight excluding hydrogens is 467 g/mol. The Kier molecular flexibility index (Phi) is 9.55. The van der Waals surface area contributed by atoms with Gasteiger partial charge in [0.2, 0.25) is 11.8 Å². The SMILES string of the molecule is CC(C)CNC(=O)[C@@H](Cc1ccccc1)N(Cc1ccc(Cl)c(Cl)c1)C(=O)Cc1ccccc1. The van der Waals surface area contributed by atoms with Gasteiger partial charge in [0.1, 0.15) is 6.04 Å². The van der Waals surface area contributed by atoms with E-state index in [-0.39, 0.29) is 24.8 Å². The van der Waals surface area contributed by atoms with Crippen LogP contribution in [0.2, 0.25) is 10.0 Å². The number of rotatable bonds is 10. The molecule has 0 heterocycles. The summed E-state index contributed by atoms with van der Waals surface area (Å²) in [5.74, 6) is 0.00166. The van der Waals surface area contributed by atoms with Crippen molar-refractivity contribution in [1.82, 2.24) is 10.2 Å². The first-order valence-corrected chi connectivity index (χ1v) is 12.2. The molecule has 1 N–H and O–H groups in total. The Hall–Kier alpha value is -2.82. The van der Waals surface area contributed by atoms with Crippen LogP contribution in [0.5, 0.6) is 0 Å². The van der Waals surface area contributed by atoms with Crippen LogP contribution in [0.15, 0.2) is 78.9 Å². The second-order valence-corrected chi connectivity index (χ2v) is 9.59. The van der Waals surface area contributed by atoms with Crippen LogP contribution in [-0.2, 0) is 29.0 Å². The summed E-state index contributed by atoms with van der Waals surface area (Å²) in [6.07, 6.45) is 0.609. The number of hydrogen-bond acceptors (Lipinski definition) is 2.